The summed E-state index contributed by atoms with van der Waals surface area (Å²) in [6.07, 6.45) is 4.42. The van der Waals surface area contributed by atoms with Gasteiger partial charge in [0.2, 0.25) is 5.82 Å². The Morgan fingerprint density at radius 3 is 2.38 bits per heavy atom. The minimum absolute atomic E-state index is 0.0513. The molecule has 0 saturated heterocycles. The molecule has 2 aromatic carbocycles. The molecule has 2 fully saturated rings. The van der Waals surface area contributed by atoms with Gasteiger partial charge in [-0.1, -0.05) is 6.92 Å². The van der Waals surface area contributed by atoms with E-state index in [0.717, 1.165) is 37.8 Å². The average Bonchev–Trinajstić information content (AvgIpc) is 3.48. The van der Waals surface area contributed by atoms with Gasteiger partial charge in [-0.15, -0.1) is 0 Å². The molecular formula is C26H26F2IO9S-. The Morgan fingerprint density at radius 1 is 1.10 bits per heavy atom. The van der Waals surface area contributed by atoms with Gasteiger partial charge in [0.15, 0.2) is 23.1 Å². The predicted molar refractivity (Wildman–Crippen MR) is 141 cm³/mol. The van der Waals surface area contributed by atoms with Gasteiger partial charge in [0, 0.05) is 0 Å². The van der Waals surface area contributed by atoms with Crippen LogP contribution >= 0.6 is 22.6 Å². The van der Waals surface area contributed by atoms with E-state index in [9.17, 15) is 31.3 Å². The van der Waals surface area contributed by atoms with Crippen LogP contribution in [0.5, 0.6) is 17.2 Å². The molecular weight excluding hydrogens is 653 g/mol. The largest absolute Gasteiger partial charge is 0.748 e. The second-order valence-electron chi connectivity index (χ2n) is 9.65. The Morgan fingerprint density at radius 2 is 1.79 bits per heavy atom. The van der Waals surface area contributed by atoms with Crippen molar-refractivity contribution >= 4 is 44.6 Å². The van der Waals surface area contributed by atoms with Crippen molar-refractivity contribution in [3.05, 3.63) is 50.6 Å². The van der Waals surface area contributed by atoms with Crippen molar-refractivity contribution < 1.29 is 50.3 Å². The van der Waals surface area contributed by atoms with E-state index >= 15 is 0 Å². The molecule has 0 aliphatic heterocycles. The van der Waals surface area contributed by atoms with Gasteiger partial charge in [-0.2, -0.15) is 4.39 Å². The molecule has 0 N–H and O–H groups in total. The van der Waals surface area contributed by atoms with Crippen molar-refractivity contribution in [2.75, 3.05) is 19.5 Å². The topological polar surface area (TPSA) is 128 Å². The number of methoxy groups -OCH3 is 1. The van der Waals surface area contributed by atoms with Gasteiger partial charge in [0.25, 0.3) is 0 Å². The Labute approximate surface area is 238 Å². The Balaban J connectivity index is 1.55. The molecule has 4 rings (SSSR count). The van der Waals surface area contributed by atoms with Crippen LogP contribution in [0.2, 0.25) is 0 Å². The van der Waals surface area contributed by atoms with Crippen LogP contribution in [0.3, 0.4) is 0 Å². The lowest BCUT2D eigenvalue weighted by molar-refractivity contribution is 0.00550. The smallest absolute Gasteiger partial charge is 0.343 e. The molecule has 212 valence electrons. The lowest BCUT2D eigenvalue weighted by Gasteiger charge is -2.37. The summed E-state index contributed by atoms with van der Waals surface area (Å²) in [5.41, 5.74) is -0.948. The second kappa shape index (κ2) is 11.5. The van der Waals surface area contributed by atoms with E-state index in [1.807, 2.05) is 6.92 Å². The molecule has 3 atom stereocenters. The molecule has 2 aliphatic rings. The summed E-state index contributed by atoms with van der Waals surface area (Å²) in [6.45, 7) is 1.31. The average molecular weight is 679 g/mol. The third-order valence-electron chi connectivity index (χ3n) is 7.29. The zero-order chi connectivity index (χ0) is 28.5. The Hall–Kier alpha value is -2.52. The maximum Gasteiger partial charge on any atom is 0.343 e. The number of halogens is 3. The molecule has 0 radical (unpaired) electrons. The quantitative estimate of drug-likeness (QED) is 0.150. The number of benzene rings is 2. The van der Waals surface area contributed by atoms with Crippen molar-refractivity contribution in [3.63, 3.8) is 0 Å². The molecule has 3 unspecified atom stereocenters. The SMILES string of the molecule is CCC1(Oc2cc(C(=O)Oc3c(I)cc(C(=O)OCCS(=O)(=O)[O-])cc3OC)cc(F)c2F)CC2CCC1C2. The number of ether oxygens (including phenoxy) is 4. The van der Waals surface area contributed by atoms with Crippen molar-refractivity contribution in [1.82, 2.24) is 0 Å². The minimum Gasteiger partial charge on any atom is -0.748 e. The van der Waals surface area contributed by atoms with Crippen molar-refractivity contribution in [1.29, 1.82) is 0 Å². The first-order valence-corrected chi connectivity index (χ1v) is 14.9. The fourth-order valence-electron chi connectivity index (χ4n) is 5.41. The zero-order valence-electron chi connectivity index (χ0n) is 21.1. The van der Waals surface area contributed by atoms with Crippen molar-refractivity contribution in [2.45, 2.75) is 44.6 Å². The minimum atomic E-state index is -4.56. The van der Waals surface area contributed by atoms with Gasteiger partial charge in [-0.25, -0.2) is 22.4 Å². The third-order valence-corrected chi connectivity index (χ3v) is 8.76. The number of carbonyl (C=O) groups is 2. The molecule has 39 heavy (non-hydrogen) atoms. The lowest BCUT2D eigenvalue weighted by Crippen LogP contribution is -2.41. The standard InChI is InChI=1S/C26H27F2IO9S/c1-3-26(13-14-4-5-17(26)8-14)38-20-11-15(9-18(27)22(20)28)25(31)37-23-19(29)10-16(12-21(23)35-2)24(30)36-6-7-39(32,33)34/h9-12,14,17H,3-8,13H2,1-2H3,(H,32,33,34)/p-1. The molecule has 2 aliphatic carbocycles. The summed E-state index contributed by atoms with van der Waals surface area (Å²) >= 11 is 1.77. The molecule has 0 spiro atoms. The summed E-state index contributed by atoms with van der Waals surface area (Å²) in [5, 5.41) is 0. The van der Waals surface area contributed by atoms with E-state index in [1.165, 1.54) is 19.2 Å². The number of rotatable bonds is 10. The van der Waals surface area contributed by atoms with E-state index in [-0.39, 0.29) is 37.9 Å². The van der Waals surface area contributed by atoms with Crippen LogP contribution in [0.4, 0.5) is 8.78 Å². The fraction of sp³-hybridized carbons (Fsp3) is 0.462. The fourth-order valence-corrected chi connectivity index (χ4v) is 6.41. The zero-order valence-corrected chi connectivity index (χ0v) is 24.1. The monoisotopic (exact) mass is 679 g/mol. The molecule has 2 saturated carbocycles. The van der Waals surface area contributed by atoms with E-state index < -0.39 is 51.7 Å². The first-order valence-electron chi connectivity index (χ1n) is 12.2. The molecule has 0 aromatic heterocycles. The Kier molecular flexibility index (Phi) is 8.71. The molecule has 0 heterocycles. The molecule has 0 amide bonds. The van der Waals surface area contributed by atoms with Gasteiger partial charge < -0.3 is 23.5 Å². The highest BCUT2D eigenvalue weighted by Crippen LogP contribution is 2.54. The van der Waals surface area contributed by atoms with Crippen LogP contribution in [0, 0.1) is 27.0 Å². The highest BCUT2D eigenvalue weighted by atomic mass is 127. The van der Waals surface area contributed by atoms with Gasteiger partial charge in [-0.05, 0) is 90.8 Å². The molecule has 2 bridgehead atoms. The van der Waals surface area contributed by atoms with Crippen molar-refractivity contribution in [2.24, 2.45) is 11.8 Å². The molecule has 2 aromatic rings. The van der Waals surface area contributed by atoms with Crippen LogP contribution in [0.1, 0.15) is 59.7 Å². The van der Waals surface area contributed by atoms with Gasteiger partial charge in [0.05, 0.1) is 37.7 Å². The molecule has 13 heteroatoms. The number of esters is 2. The first kappa shape index (κ1) is 29.5. The summed E-state index contributed by atoms with van der Waals surface area (Å²) < 4.78 is 83.3. The van der Waals surface area contributed by atoms with Crippen LogP contribution in [-0.4, -0.2) is 50.0 Å². The van der Waals surface area contributed by atoms with Crippen molar-refractivity contribution in [3.8, 4) is 17.2 Å². The Bertz CT molecular complexity index is 1400. The van der Waals surface area contributed by atoms with E-state index in [2.05, 4.69) is 0 Å². The van der Waals surface area contributed by atoms with Gasteiger partial charge >= 0.3 is 11.9 Å². The number of carbonyl (C=O) groups excluding carboxylic acids is 2. The highest BCUT2D eigenvalue weighted by Gasteiger charge is 2.52. The van der Waals surface area contributed by atoms with E-state index in [4.69, 9.17) is 18.9 Å². The van der Waals surface area contributed by atoms with Gasteiger partial charge in [0.1, 0.15) is 12.2 Å². The van der Waals surface area contributed by atoms with Crippen LogP contribution < -0.4 is 14.2 Å². The maximum atomic E-state index is 14.8. The third kappa shape index (κ3) is 6.46. The summed E-state index contributed by atoms with van der Waals surface area (Å²) in [5.74, 6) is -5.02. The summed E-state index contributed by atoms with van der Waals surface area (Å²) in [6, 6.07) is 4.33. The van der Waals surface area contributed by atoms with Crippen LogP contribution in [0.15, 0.2) is 24.3 Å². The normalized spacial score (nSPS) is 22.0. The van der Waals surface area contributed by atoms with Crippen LogP contribution in [-0.2, 0) is 14.9 Å². The lowest BCUT2D eigenvalue weighted by atomic mass is 9.82. The summed E-state index contributed by atoms with van der Waals surface area (Å²) in [7, 11) is -3.31. The first-order chi connectivity index (χ1) is 18.4. The number of fused-ring (bicyclic) bond motifs is 2. The number of hydrogen-bond acceptors (Lipinski definition) is 9. The molecule has 9 nitrogen and oxygen atoms in total. The predicted octanol–water partition coefficient (Wildman–Crippen LogP) is 4.85. The summed E-state index contributed by atoms with van der Waals surface area (Å²) in [4.78, 5) is 25.3. The maximum absolute atomic E-state index is 14.8. The second-order valence-corrected chi connectivity index (χ2v) is 12.3. The highest BCUT2D eigenvalue weighted by molar-refractivity contribution is 14.1. The van der Waals surface area contributed by atoms with Crippen LogP contribution in [0.25, 0.3) is 0 Å². The van der Waals surface area contributed by atoms with E-state index in [1.54, 1.807) is 22.6 Å². The van der Waals surface area contributed by atoms with Gasteiger partial charge in [-0.3, -0.25) is 0 Å². The van der Waals surface area contributed by atoms with E-state index in [0.29, 0.717) is 12.3 Å². The number of hydrogen-bond donors (Lipinski definition) is 0.